The van der Waals surface area contributed by atoms with Gasteiger partial charge < -0.3 is 15.1 Å². The lowest BCUT2D eigenvalue weighted by atomic mass is 9.76. The molecule has 0 bridgehead atoms. The van der Waals surface area contributed by atoms with Gasteiger partial charge in [-0.25, -0.2) is 0 Å². The summed E-state index contributed by atoms with van der Waals surface area (Å²) in [7, 11) is 4.07. The van der Waals surface area contributed by atoms with Gasteiger partial charge in [-0.1, -0.05) is 152 Å². The molecule has 4 nitrogen and oxygen atoms in total. The number of hydrogen-bond acceptors (Lipinski definition) is 4. The zero-order valence-electron chi connectivity index (χ0n) is 25.1. The van der Waals surface area contributed by atoms with Crippen LogP contribution in [0, 0.1) is 0 Å². The molecule has 0 aliphatic rings. The Morgan fingerprint density at radius 3 is 1.37 bits per heavy atom. The minimum absolute atomic E-state index is 0.184. The van der Waals surface area contributed by atoms with Gasteiger partial charge in [0.2, 0.25) is 0 Å². The Kier molecular flexibility index (Phi) is 10.2. The molecule has 0 fully saturated rings. The summed E-state index contributed by atoms with van der Waals surface area (Å²) in [6, 6.07) is 51.3. The smallest absolute Gasteiger partial charge is 0.0992 e. The first-order chi connectivity index (χ1) is 21.0. The van der Waals surface area contributed by atoms with Crippen LogP contribution in [0.25, 0.3) is 0 Å². The highest BCUT2D eigenvalue weighted by atomic mass is 16.3. The maximum atomic E-state index is 12.4. The van der Waals surface area contributed by atoms with Crippen LogP contribution in [0.5, 0.6) is 0 Å². The van der Waals surface area contributed by atoms with Crippen molar-refractivity contribution in [3.05, 3.63) is 179 Å². The van der Waals surface area contributed by atoms with Crippen LogP contribution in [0.3, 0.4) is 0 Å². The van der Waals surface area contributed by atoms with Gasteiger partial charge >= 0.3 is 0 Å². The predicted octanol–water partition coefficient (Wildman–Crippen LogP) is 6.55. The summed E-state index contributed by atoms with van der Waals surface area (Å²) in [6.07, 6.45) is -1.48. The van der Waals surface area contributed by atoms with E-state index in [0.29, 0.717) is 19.6 Å². The van der Waals surface area contributed by atoms with Gasteiger partial charge in [0.15, 0.2) is 0 Å². The molecule has 5 aromatic rings. The summed E-state index contributed by atoms with van der Waals surface area (Å²) in [5, 5.41) is 24.1. The molecule has 0 saturated carbocycles. The van der Waals surface area contributed by atoms with Gasteiger partial charge in [0.05, 0.1) is 17.7 Å². The second kappa shape index (κ2) is 14.4. The van der Waals surface area contributed by atoms with E-state index in [4.69, 9.17) is 0 Å². The van der Waals surface area contributed by atoms with Gasteiger partial charge in [-0.05, 0) is 41.9 Å². The monoisotopic (exact) mass is 570 g/mol. The SMILES string of the molecule is CN(CC(O)C(c1ccccc1)c1ccccc1)CC(O)C(c1ccccc1)(c1ccccc1)N(C)Cc1ccccc1. The summed E-state index contributed by atoms with van der Waals surface area (Å²) < 4.78 is 0. The van der Waals surface area contributed by atoms with E-state index in [9.17, 15) is 10.2 Å². The van der Waals surface area contributed by atoms with Gasteiger partial charge in [-0.3, -0.25) is 4.90 Å². The van der Waals surface area contributed by atoms with E-state index in [1.165, 1.54) is 5.56 Å². The van der Waals surface area contributed by atoms with Crippen molar-refractivity contribution in [3.63, 3.8) is 0 Å². The van der Waals surface area contributed by atoms with Crippen molar-refractivity contribution in [2.75, 3.05) is 27.2 Å². The Morgan fingerprint density at radius 2 is 0.930 bits per heavy atom. The van der Waals surface area contributed by atoms with E-state index >= 15 is 0 Å². The van der Waals surface area contributed by atoms with Gasteiger partial charge in [0.25, 0.3) is 0 Å². The normalized spacial score (nSPS) is 13.4. The molecule has 4 heteroatoms. The van der Waals surface area contributed by atoms with Crippen LogP contribution in [0.15, 0.2) is 152 Å². The van der Waals surface area contributed by atoms with E-state index in [1.54, 1.807) is 0 Å². The second-order valence-corrected chi connectivity index (χ2v) is 11.4. The average molecular weight is 571 g/mol. The fraction of sp³-hybridized carbons (Fsp3) is 0.231. The highest BCUT2D eigenvalue weighted by Crippen LogP contribution is 2.40. The zero-order chi connectivity index (χ0) is 30.1. The summed E-state index contributed by atoms with van der Waals surface area (Å²) in [4.78, 5) is 4.32. The molecule has 0 aliphatic heterocycles. The largest absolute Gasteiger partial charge is 0.391 e. The van der Waals surface area contributed by atoms with Crippen LogP contribution < -0.4 is 0 Å². The fourth-order valence-electron chi connectivity index (χ4n) is 6.50. The molecule has 0 radical (unpaired) electrons. The number of benzene rings is 5. The number of rotatable bonds is 13. The maximum absolute atomic E-state index is 12.4. The van der Waals surface area contributed by atoms with E-state index < -0.39 is 17.7 Å². The molecule has 0 heterocycles. The molecule has 2 unspecified atom stereocenters. The molecule has 0 amide bonds. The third-order valence-electron chi connectivity index (χ3n) is 8.46. The van der Waals surface area contributed by atoms with E-state index in [0.717, 1.165) is 22.3 Å². The Hall–Kier alpha value is -4.06. The summed E-state index contributed by atoms with van der Waals surface area (Å²) in [5.41, 5.74) is 4.52. The van der Waals surface area contributed by atoms with Crippen molar-refractivity contribution < 1.29 is 10.2 Å². The highest BCUT2D eigenvalue weighted by Gasteiger charge is 2.45. The molecule has 220 valence electrons. The molecule has 0 spiro atoms. The van der Waals surface area contributed by atoms with Gasteiger partial charge in [-0.15, -0.1) is 0 Å². The average Bonchev–Trinajstić information content (AvgIpc) is 3.04. The number of likely N-dealkylation sites (N-methyl/N-ethyl adjacent to an activating group) is 2. The fourth-order valence-corrected chi connectivity index (χ4v) is 6.50. The van der Waals surface area contributed by atoms with E-state index in [1.807, 2.05) is 85.9 Å². The van der Waals surface area contributed by atoms with Crippen molar-refractivity contribution in [1.82, 2.24) is 9.80 Å². The molecule has 0 aromatic heterocycles. The lowest BCUT2D eigenvalue weighted by Crippen LogP contribution is -2.56. The quantitative estimate of drug-likeness (QED) is 0.169. The second-order valence-electron chi connectivity index (χ2n) is 11.4. The van der Waals surface area contributed by atoms with Gasteiger partial charge in [0, 0.05) is 25.6 Å². The molecule has 43 heavy (non-hydrogen) atoms. The first-order valence-corrected chi connectivity index (χ1v) is 15.0. The van der Waals surface area contributed by atoms with Gasteiger partial charge in [-0.2, -0.15) is 0 Å². The Bertz CT molecular complexity index is 1420. The third-order valence-corrected chi connectivity index (χ3v) is 8.46. The topological polar surface area (TPSA) is 46.9 Å². The molecular formula is C39H42N2O2. The minimum Gasteiger partial charge on any atom is -0.391 e. The molecule has 5 rings (SSSR count). The third kappa shape index (κ3) is 6.96. The Morgan fingerprint density at radius 1 is 0.535 bits per heavy atom. The van der Waals surface area contributed by atoms with Crippen LogP contribution in [0.2, 0.25) is 0 Å². The standard InChI is InChI=1S/C39H42N2O2/c1-40(29-36(42)38(32-20-10-4-11-21-32)33-22-12-5-13-23-33)30-37(43)39(34-24-14-6-15-25-34,35-26-16-7-17-27-35)41(2)28-31-18-8-3-9-19-31/h3-27,36-38,42-43H,28-30H2,1-2H3. The van der Waals surface area contributed by atoms with Crippen molar-refractivity contribution >= 4 is 0 Å². The van der Waals surface area contributed by atoms with Crippen LogP contribution in [-0.2, 0) is 12.1 Å². The van der Waals surface area contributed by atoms with Crippen molar-refractivity contribution in [2.24, 2.45) is 0 Å². The van der Waals surface area contributed by atoms with Crippen LogP contribution in [0.1, 0.15) is 33.7 Å². The first kappa shape index (κ1) is 30.4. The summed E-state index contributed by atoms with van der Waals surface area (Å²) in [5.74, 6) is -0.184. The van der Waals surface area contributed by atoms with E-state index in [2.05, 4.69) is 89.6 Å². The van der Waals surface area contributed by atoms with Crippen LogP contribution >= 0.6 is 0 Å². The number of nitrogens with zero attached hydrogens (tertiary/aromatic N) is 2. The Labute approximate surface area is 256 Å². The van der Waals surface area contributed by atoms with Gasteiger partial charge in [0.1, 0.15) is 0 Å². The van der Waals surface area contributed by atoms with Crippen LogP contribution in [-0.4, -0.2) is 59.4 Å². The molecule has 0 aliphatic carbocycles. The summed E-state index contributed by atoms with van der Waals surface area (Å²) in [6.45, 7) is 1.40. The van der Waals surface area contributed by atoms with Crippen molar-refractivity contribution in [1.29, 1.82) is 0 Å². The zero-order valence-corrected chi connectivity index (χ0v) is 25.1. The molecule has 2 atom stereocenters. The molecule has 2 N–H and O–H groups in total. The maximum Gasteiger partial charge on any atom is 0.0992 e. The van der Waals surface area contributed by atoms with Crippen molar-refractivity contribution in [2.45, 2.75) is 30.2 Å². The van der Waals surface area contributed by atoms with Crippen LogP contribution in [0.4, 0.5) is 0 Å². The lowest BCUT2D eigenvalue weighted by Gasteiger charge is -2.47. The summed E-state index contributed by atoms with van der Waals surface area (Å²) >= 11 is 0. The number of aliphatic hydroxyl groups is 2. The van der Waals surface area contributed by atoms with E-state index in [-0.39, 0.29) is 5.92 Å². The number of hydrogen-bond donors (Lipinski definition) is 2. The van der Waals surface area contributed by atoms with Crippen molar-refractivity contribution in [3.8, 4) is 0 Å². The molecular weight excluding hydrogens is 528 g/mol. The molecule has 5 aromatic carbocycles. The lowest BCUT2D eigenvalue weighted by molar-refractivity contribution is -0.0227. The highest BCUT2D eigenvalue weighted by molar-refractivity contribution is 5.41. The minimum atomic E-state index is -0.837. The molecule has 0 saturated heterocycles. The number of aliphatic hydroxyl groups excluding tert-OH is 2. The Balaban J connectivity index is 1.47. The first-order valence-electron chi connectivity index (χ1n) is 15.0. The predicted molar refractivity (Wildman–Crippen MR) is 176 cm³/mol.